The Morgan fingerprint density at radius 1 is 1.28 bits per heavy atom. The lowest BCUT2D eigenvalue weighted by molar-refractivity contribution is 0.686. The summed E-state index contributed by atoms with van der Waals surface area (Å²) in [5.74, 6) is 2.14. The minimum Gasteiger partial charge on any atom is -0.302 e. The summed E-state index contributed by atoms with van der Waals surface area (Å²) in [7, 11) is 0. The molecule has 0 atom stereocenters. The minimum absolute atomic E-state index is 0.927. The first-order valence-electron chi connectivity index (χ1n) is 6.46. The van der Waals surface area contributed by atoms with Crippen LogP contribution in [0.1, 0.15) is 33.1 Å². The highest BCUT2D eigenvalue weighted by Gasteiger charge is 2.13. The highest BCUT2D eigenvalue weighted by atomic mass is 32.2. The molecule has 0 N–H and O–H groups in total. The Labute approximate surface area is 117 Å². The number of hydrogen-bond donors (Lipinski definition) is 0. The van der Waals surface area contributed by atoms with Crippen molar-refractivity contribution in [2.45, 2.75) is 44.8 Å². The molecule has 0 aliphatic carbocycles. The van der Waals surface area contributed by atoms with E-state index in [9.17, 15) is 0 Å². The molecule has 0 unspecified atom stereocenters. The van der Waals surface area contributed by atoms with Gasteiger partial charge in [-0.25, -0.2) is 0 Å². The maximum absolute atomic E-state index is 4.33. The maximum Gasteiger partial charge on any atom is 0.191 e. The summed E-state index contributed by atoms with van der Waals surface area (Å²) < 4.78 is 2.21. The fraction of sp³-hybridized carbons (Fsp3) is 0.538. The molecule has 0 saturated heterocycles. The van der Waals surface area contributed by atoms with E-state index in [1.54, 1.807) is 11.3 Å². The highest BCUT2D eigenvalue weighted by molar-refractivity contribution is 7.99. The van der Waals surface area contributed by atoms with Crippen molar-refractivity contribution in [1.29, 1.82) is 0 Å². The molecule has 2 aromatic heterocycles. The van der Waals surface area contributed by atoms with Crippen LogP contribution in [0, 0.1) is 0 Å². The molecule has 0 radical (unpaired) electrons. The van der Waals surface area contributed by atoms with Crippen molar-refractivity contribution in [3.63, 3.8) is 0 Å². The number of thioether (sulfide) groups is 1. The topological polar surface area (TPSA) is 30.7 Å². The molecule has 0 saturated carbocycles. The summed E-state index contributed by atoms with van der Waals surface area (Å²) >= 11 is 3.54. The largest absolute Gasteiger partial charge is 0.302 e. The van der Waals surface area contributed by atoms with Gasteiger partial charge in [-0.2, -0.15) is 0 Å². The van der Waals surface area contributed by atoms with Gasteiger partial charge >= 0.3 is 0 Å². The summed E-state index contributed by atoms with van der Waals surface area (Å²) in [5.41, 5.74) is 0. The Balaban J connectivity index is 2.08. The molecule has 0 aliphatic heterocycles. The Morgan fingerprint density at radius 2 is 2.17 bits per heavy atom. The number of rotatable bonds is 7. The van der Waals surface area contributed by atoms with Crippen LogP contribution in [0.4, 0.5) is 0 Å². The van der Waals surface area contributed by atoms with Gasteiger partial charge in [0.2, 0.25) is 0 Å². The van der Waals surface area contributed by atoms with Gasteiger partial charge < -0.3 is 4.57 Å². The van der Waals surface area contributed by atoms with Crippen LogP contribution < -0.4 is 0 Å². The van der Waals surface area contributed by atoms with Crippen LogP contribution >= 0.6 is 23.1 Å². The van der Waals surface area contributed by atoms with E-state index in [1.807, 2.05) is 11.8 Å². The minimum atomic E-state index is 0.927. The summed E-state index contributed by atoms with van der Waals surface area (Å²) in [4.78, 5) is 1.20. The molecular weight excluding hydrogens is 262 g/mol. The number of unbranched alkanes of at least 4 members (excludes halogenated alkanes) is 2. The van der Waals surface area contributed by atoms with Gasteiger partial charge in [0.15, 0.2) is 11.0 Å². The van der Waals surface area contributed by atoms with Gasteiger partial charge in [-0.05, 0) is 24.8 Å². The third-order valence-electron chi connectivity index (χ3n) is 2.75. The monoisotopic (exact) mass is 281 g/mol. The summed E-state index contributed by atoms with van der Waals surface area (Å²) in [6.07, 6.45) is 3.82. The van der Waals surface area contributed by atoms with E-state index in [-0.39, 0.29) is 0 Å². The normalized spacial score (nSPS) is 11.0. The Kier molecular flexibility index (Phi) is 5.26. The fourth-order valence-electron chi connectivity index (χ4n) is 1.78. The smallest absolute Gasteiger partial charge is 0.191 e. The number of nitrogens with zero attached hydrogens (tertiary/aromatic N) is 3. The second-order valence-electron chi connectivity index (χ2n) is 4.08. The fourth-order valence-corrected chi connectivity index (χ4v) is 3.50. The molecule has 3 nitrogen and oxygen atoms in total. The molecule has 5 heteroatoms. The van der Waals surface area contributed by atoms with Crippen molar-refractivity contribution in [3.05, 3.63) is 17.5 Å². The first kappa shape index (κ1) is 13.6. The second-order valence-corrected chi connectivity index (χ2v) is 6.09. The SMILES string of the molecule is CCCCCSc1nnc(-c2cccs2)n1CC. The first-order chi connectivity index (χ1) is 8.86. The zero-order valence-electron chi connectivity index (χ0n) is 10.9. The summed E-state index contributed by atoms with van der Waals surface area (Å²) in [5, 5.41) is 11.8. The molecule has 2 rings (SSSR count). The third kappa shape index (κ3) is 3.14. The molecule has 0 aromatic carbocycles. The van der Waals surface area contributed by atoms with Gasteiger partial charge in [-0.1, -0.05) is 37.6 Å². The summed E-state index contributed by atoms with van der Waals surface area (Å²) in [6.45, 7) is 5.31. The van der Waals surface area contributed by atoms with Crippen LogP contribution in [-0.4, -0.2) is 20.5 Å². The first-order valence-corrected chi connectivity index (χ1v) is 8.33. The predicted molar refractivity (Wildman–Crippen MR) is 79.3 cm³/mol. The number of aromatic nitrogens is 3. The van der Waals surface area contributed by atoms with Crippen LogP contribution in [0.2, 0.25) is 0 Å². The zero-order valence-corrected chi connectivity index (χ0v) is 12.6. The Hall–Kier alpha value is -0.810. The lowest BCUT2D eigenvalue weighted by atomic mass is 10.3. The van der Waals surface area contributed by atoms with Crippen molar-refractivity contribution in [1.82, 2.24) is 14.8 Å². The van der Waals surface area contributed by atoms with E-state index in [0.717, 1.165) is 23.3 Å². The van der Waals surface area contributed by atoms with Gasteiger partial charge in [0.1, 0.15) is 0 Å². The van der Waals surface area contributed by atoms with Gasteiger partial charge in [0.05, 0.1) is 4.88 Å². The number of hydrogen-bond acceptors (Lipinski definition) is 4. The third-order valence-corrected chi connectivity index (χ3v) is 4.67. The molecule has 2 heterocycles. The van der Waals surface area contributed by atoms with Crippen molar-refractivity contribution in [2.24, 2.45) is 0 Å². The van der Waals surface area contributed by atoms with Gasteiger partial charge in [-0.15, -0.1) is 21.5 Å². The van der Waals surface area contributed by atoms with Crippen LogP contribution in [0.25, 0.3) is 10.7 Å². The van der Waals surface area contributed by atoms with E-state index >= 15 is 0 Å². The van der Waals surface area contributed by atoms with Crippen molar-refractivity contribution < 1.29 is 0 Å². The van der Waals surface area contributed by atoms with E-state index in [1.165, 1.54) is 24.1 Å². The zero-order chi connectivity index (χ0) is 12.8. The molecule has 98 valence electrons. The lowest BCUT2D eigenvalue weighted by Crippen LogP contribution is -1.99. The Morgan fingerprint density at radius 3 is 2.83 bits per heavy atom. The van der Waals surface area contributed by atoms with Crippen LogP contribution in [0.3, 0.4) is 0 Å². The van der Waals surface area contributed by atoms with Crippen molar-refractivity contribution in [2.75, 3.05) is 5.75 Å². The van der Waals surface area contributed by atoms with Gasteiger partial charge in [-0.3, -0.25) is 0 Å². The number of thiophene rings is 1. The van der Waals surface area contributed by atoms with Crippen LogP contribution in [0.5, 0.6) is 0 Å². The van der Waals surface area contributed by atoms with E-state index in [2.05, 4.69) is 46.1 Å². The van der Waals surface area contributed by atoms with E-state index in [0.29, 0.717) is 0 Å². The second kappa shape index (κ2) is 6.95. The summed E-state index contributed by atoms with van der Waals surface area (Å²) in [6, 6.07) is 4.16. The predicted octanol–water partition coefficient (Wildman–Crippen LogP) is 4.31. The average Bonchev–Trinajstić information content (AvgIpc) is 3.02. The molecular formula is C13H19N3S2. The lowest BCUT2D eigenvalue weighted by Gasteiger charge is -2.05. The van der Waals surface area contributed by atoms with E-state index < -0.39 is 0 Å². The molecule has 2 aromatic rings. The quantitative estimate of drug-likeness (QED) is 0.559. The standard InChI is InChI=1S/C13H19N3S2/c1-3-5-6-9-18-13-15-14-12(16(13)4-2)11-8-7-10-17-11/h7-8,10H,3-6,9H2,1-2H3. The highest BCUT2D eigenvalue weighted by Crippen LogP contribution is 2.27. The molecule has 0 amide bonds. The van der Waals surface area contributed by atoms with E-state index in [4.69, 9.17) is 0 Å². The molecule has 18 heavy (non-hydrogen) atoms. The average molecular weight is 281 g/mol. The molecule has 0 fully saturated rings. The van der Waals surface area contributed by atoms with Gasteiger partial charge in [0.25, 0.3) is 0 Å². The van der Waals surface area contributed by atoms with Crippen LogP contribution in [0.15, 0.2) is 22.7 Å². The van der Waals surface area contributed by atoms with Gasteiger partial charge in [0, 0.05) is 12.3 Å². The van der Waals surface area contributed by atoms with Crippen LogP contribution in [-0.2, 0) is 6.54 Å². The molecule has 0 aliphatic rings. The Bertz CT molecular complexity index is 463. The van der Waals surface area contributed by atoms with Crippen molar-refractivity contribution in [3.8, 4) is 10.7 Å². The van der Waals surface area contributed by atoms with Crippen molar-refractivity contribution >= 4 is 23.1 Å². The maximum atomic E-state index is 4.33. The molecule has 0 spiro atoms. The molecule has 0 bridgehead atoms.